The Bertz CT molecular complexity index is 1800. The van der Waals surface area contributed by atoms with Gasteiger partial charge >= 0.3 is 0 Å². The lowest BCUT2D eigenvalue weighted by atomic mass is 10.0. The largest absolute Gasteiger partial charge is 0.491 e. The number of unbranched alkanes of at least 4 members (excludes halogenated alkanes) is 1. The minimum atomic E-state index is -0.804. The summed E-state index contributed by atoms with van der Waals surface area (Å²) in [7, 11) is 0. The monoisotopic (exact) mass is 896 g/mol. The highest BCUT2D eigenvalue weighted by atomic mass is 32.2. The number of rotatable bonds is 35. The molecule has 0 saturated carbocycles. The summed E-state index contributed by atoms with van der Waals surface area (Å²) in [5.41, 5.74) is 0. The molecule has 0 amide bonds. The van der Waals surface area contributed by atoms with Crippen molar-refractivity contribution in [1.82, 2.24) is 0 Å². The highest BCUT2D eigenvalue weighted by Crippen LogP contribution is 2.21. The van der Waals surface area contributed by atoms with E-state index in [4.69, 9.17) is 42.6 Å². The summed E-state index contributed by atoms with van der Waals surface area (Å²) in [6.45, 7) is 6.83. The van der Waals surface area contributed by atoms with Gasteiger partial charge in [-0.05, 0) is 73.0 Å². The number of para-hydroxylation sites is 4. The Morgan fingerprint density at radius 3 is 1.20 bits per heavy atom. The van der Waals surface area contributed by atoms with Crippen molar-refractivity contribution in [2.75, 3.05) is 71.8 Å². The van der Waals surface area contributed by atoms with Crippen LogP contribution in [0.25, 0.3) is 0 Å². The Labute approximate surface area is 385 Å². The number of hydrogen-bond donors (Lipinski definition) is 1. The van der Waals surface area contributed by atoms with E-state index in [9.17, 15) is 5.11 Å². The summed E-state index contributed by atoms with van der Waals surface area (Å²) >= 11 is 1.72. The number of aliphatic hydroxyl groups excluding tert-OH is 1. The van der Waals surface area contributed by atoms with Crippen molar-refractivity contribution in [2.45, 2.75) is 74.9 Å². The molecule has 5 aromatic rings. The zero-order valence-corrected chi connectivity index (χ0v) is 38.4. The SMILES string of the molecule is CCCCC(CC)COCC(O)COC(COc1ccccc1)COC(COc1ccccc1)COC(COc1ccccc1)COC(COc1ccccc1)CSc1ccccc1. The van der Waals surface area contributed by atoms with E-state index in [1.54, 1.807) is 11.8 Å². The van der Waals surface area contributed by atoms with Crippen molar-refractivity contribution < 1.29 is 47.7 Å². The van der Waals surface area contributed by atoms with Gasteiger partial charge in [0, 0.05) is 17.3 Å². The van der Waals surface area contributed by atoms with Crippen molar-refractivity contribution in [2.24, 2.45) is 5.92 Å². The van der Waals surface area contributed by atoms with Gasteiger partial charge in [0.25, 0.3) is 0 Å². The maximum Gasteiger partial charge on any atom is 0.119 e. The summed E-state index contributed by atoms with van der Waals surface area (Å²) in [6.07, 6.45) is 1.95. The van der Waals surface area contributed by atoms with E-state index >= 15 is 0 Å². The van der Waals surface area contributed by atoms with Gasteiger partial charge in [0.15, 0.2) is 0 Å². The maximum absolute atomic E-state index is 10.9. The van der Waals surface area contributed by atoms with Gasteiger partial charge < -0.3 is 47.7 Å². The molecule has 64 heavy (non-hydrogen) atoms. The number of benzene rings is 5. The van der Waals surface area contributed by atoms with E-state index in [1.165, 1.54) is 6.42 Å². The highest BCUT2D eigenvalue weighted by Gasteiger charge is 2.23. The molecule has 0 aromatic heterocycles. The third kappa shape index (κ3) is 21.4. The molecule has 5 rings (SSSR count). The summed E-state index contributed by atoms with van der Waals surface area (Å²) in [6, 6.07) is 48.9. The molecule has 0 spiro atoms. The first-order valence-corrected chi connectivity index (χ1v) is 23.7. The molecule has 5 aromatic carbocycles. The van der Waals surface area contributed by atoms with Gasteiger partial charge in [0.2, 0.25) is 0 Å². The van der Waals surface area contributed by atoms with E-state index in [1.807, 2.05) is 140 Å². The highest BCUT2D eigenvalue weighted by molar-refractivity contribution is 7.99. The third-order valence-electron chi connectivity index (χ3n) is 10.2. The second-order valence-electron chi connectivity index (χ2n) is 15.5. The van der Waals surface area contributed by atoms with E-state index < -0.39 is 24.4 Å². The van der Waals surface area contributed by atoms with Crippen molar-refractivity contribution in [3.05, 3.63) is 152 Å². The lowest BCUT2D eigenvalue weighted by Gasteiger charge is -2.27. The Hall–Kier alpha value is -4.59. The predicted molar refractivity (Wildman–Crippen MR) is 254 cm³/mol. The van der Waals surface area contributed by atoms with Crippen molar-refractivity contribution in [1.29, 1.82) is 0 Å². The minimum absolute atomic E-state index is 0.0631. The summed E-state index contributed by atoms with van der Waals surface area (Å²) < 4.78 is 56.7. The van der Waals surface area contributed by atoms with Crippen LogP contribution in [-0.2, 0) is 23.7 Å². The topological polar surface area (TPSA) is 103 Å². The first-order valence-electron chi connectivity index (χ1n) is 22.7. The van der Waals surface area contributed by atoms with Gasteiger partial charge in [-0.25, -0.2) is 0 Å². The molecule has 0 heterocycles. The second kappa shape index (κ2) is 31.3. The molecule has 10 nitrogen and oxygen atoms in total. The van der Waals surface area contributed by atoms with E-state index in [0.717, 1.165) is 35.7 Å². The second-order valence-corrected chi connectivity index (χ2v) is 16.6. The van der Waals surface area contributed by atoms with Crippen LogP contribution in [0.1, 0.15) is 39.5 Å². The van der Waals surface area contributed by atoms with Gasteiger partial charge in [-0.3, -0.25) is 0 Å². The molecule has 1 N–H and O–H groups in total. The molecule has 0 radical (unpaired) electrons. The number of thioether (sulfide) groups is 1. The quantitative estimate of drug-likeness (QED) is 0.0393. The van der Waals surface area contributed by atoms with Crippen molar-refractivity contribution in [3.8, 4) is 23.0 Å². The summed E-state index contributed by atoms with van der Waals surface area (Å²) in [5.74, 6) is 4.08. The van der Waals surface area contributed by atoms with Crippen LogP contribution in [0.3, 0.4) is 0 Å². The van der Waals surface area contributed by atoms with Gasteiger partial charge in [-0.2, -0.15) is 0 Å². The summed E-state index contributed by atoms with van der Waals surface area (Å²) in [5, 5.41) is 10.9. The van der Waals surface area contributed by atoms with Crippen molar-refractivity contribution >= 4 is 11.8 Å². The summed E-state index contributed by atoms with van der Waals surface area (Å²) in [4.78, 5) is 1.15. The first-order chi connectivity index (χ1) is 31.6. The van der Waals surface area contributed by atoms with Crippen molar-refractivity contribution in [3.63, 3.8) is 0 Å². The van der Waals surface area contributed by atoms with Crippen LogP contribution in [0.5, 0.6) is 23.0 Å². The Kier molecular flexibility index (Phi) is 24.7. The fourth-order valence-electron chi connectivity index (χ4n) is 6.40. The zero-order valence-electron chi connectivity index (χ0n) is 37.5. The lowest BCUT2D eigenvalue weighted by Crippen LogP contribution is -2.39. The minimum Gasteiger partial charge on any atom is -0.491 e. The average molecular weight is 897 g/mol. The van der Waals surface area contributed by atoms with Crippen LogP contribution in [0.2, 0.25) is 0 Å². The molecule has 11 heteroatoms. The van der Waals surface area contributed by atoms with Crippen LogP contribution in [0.4, 0.5) is 0 Å². The average Bonchev–Trinajstić information content (AvgIpc) is 3.35. The molecule has 6 atom stereocenters. The fraction of sp³-hybridized carbons (Fsp3) is 0.434. The molecule has 346 valence electrons. The molecular formula is C53H68O10S. The molecule has 0 aliphatic heterocycles. The van der Waals surface area contributed by atoms with Crippen LogP contribution in [0.15, 0.2) is 157 Å². The Balaban J connectivity index is 1.24. The van der Waals surface area contributed by atoms with Gasteiger partial charge in [0.05, 0.1) is 33.0 Å². The van der Waals surface area contributed by atoms with Gasteiger partial charge in [0.1, 0.15) is 79.9 Å². The van der Waals surface area contributed by atoms with Crippen LogP contribution >= 0.6 is 11.8 Å². The van der Waals surface area contributed by atoms with E-state index in [-0.39, 0.29) is 59.0 Å². The first kappa shape index (κ1) is 50.4. The number of hydrogen-bond acceptors (Lipinski definition) is 11. The molecule has 0 aliphatic rings. The Morgan fingerprint density at radius 1 is 0.422 bits per heavy atom. The molecule has 0 bridgehead atoms. The zero-order chi connectivity index (χ0) is 44.7. The van der Waals surface area contributed by atoms with Gasteiger partial charge in [-0.1, -0.05) is 124 Å². The molecular weight excluding hydrogens is 829 g/mol. The Morgan fingerprint density at radius 2 is 0.797 bits per heavy atom. The molecule has 0 saturated heterocycles. The standard InChI is InChI=1S/C53H68O10S/c1-3-5-21-43(4-2)32-55-33-44(54)34-56-49(35-57-45-22-11-6-12-23-45)38-61-50(36-58-46-24-13-7-14-25-46)39-62-51(37-59-47-26-15-8-16-27-47)40-63-52(41-60-48-28-17-9-18-29-48)42-64-53-30-19-10-20-31-53/h6-20,22-31,43-44,49-52,54H,3-5,21,32-42H2,1-2H3. The van der Waals surface area contributed by atoms with Crippen LogP contribution in [-0.4, -0.2) is 107 Å². The molecule has 6 unspecified atom stereocenters. The smallest absolute Gasteiger partial charge is 0.119 e. The fourth-order valence-corrected chi connectivity index (χ4v) is 7.32. The number of ether oxygens (including phenoxy) is 9. The van der Waals surface area contributed by atoms with Gasteiger partial charge in [-0.15, -0.1) is 11.8 Å². The number of aliphatic hydroxyl groups is 1. The van der Waals surface area contributed by atoms with Crippen LogP contribution < -0.4 is 18.9 Å². The lowest BCUT2D eigenvalue weighted by molar-refractivity contribution is -0.125. The van der Waals surface area contributed by atoms with E-state index in [0.29, 0.717) is 36.4 Å². The normalized spacial score (nSPS) is 14.2. The maximum atomic E-state index is 10.9. The predicted octanol–water partition coefficient (Wildman–Crippen LogP) is 10.2. The van der Waals surface area contributed by atoms with E-state index in [2.05, 4.69) is 26.0 Å². The third-order valence-corrected chi connectivity index (χ3v) is 11.3. The van der Waals surface area contributed by atoms with Crippen LogP contribution in [0, 0.1) is 5.92 Å². The molecule has 0 fully saturated rings. The molecule has 0 aliphatic carbocycles.